The molecule has 366 valence electrons. The molecule has 13 aromatic rings. The predicted octanol–water partition coefficient (Wildman–Crippen LogP) is 13.2. The van der Waals surface area contributed by atoms with Crippen LogP contribution >= 0.6 is 0 Å². The fraction of sp³-hybridized carbons (Fsp3) is 0.0635. The van der Waals surface area contributed by atoms with Gasteiger partial charge < -0.3 is 4.57 Å². The Kier molecular flexibility index (Phi) is 11.7. The lowest BCUT2D eigenvalue weighted by Gasteiger charge is -2.18. The molecule has 0 aliphatic rings. The minimum Gasteiger partial charge on any atom is -0.309 e. The van der Waals surface area contributed by atoms with Crippen molar-refractivity contribution in [2.45, 2.75) is 27.7 Å². The van der Waals surface area contributed by atoms with E-state index in [1.54, 1.807) is 6.20 Å². The van der Waals surface area contributed by atoms with Crippen molar-refractivity contribution in [3.63, 3.8) is 0 Å². The molecule has 14 heteroatoms. The highest BCUT2D eigenvalue weighted by atomic mass is 15.1. The summed E-state index contributed by atoms with van der Waals surface area (Å²) in [6.45, 7) is 7.54. The number of benzene rings is 7. The maximum absolute atomic E-state index is 5.23. The number of hydrogen-bond donors (Lipinski definition) is 0. The van der Waals surface area contributed by atoms with Crippen LogP contribution < -0.4 is 0 Å². The van der Waals surface area contributed by atoms with Gasteiger partial charge in [0.15, 0.2) is 46.6 Å². The number of hydrogen-bond acceptors (Lipinski definition) is 13. The van der Waals surface area contributed by atoms with Crippen LogP contribution in [0.4, 0.5) is 0 Å². The topological polar surface area (TPSA) is 172 Å². The number of rotatable bonds is 10. The van der Waals surface area contributed by atoms with Crippen molar-refractivity contribution in [3.8, 4) is 108 Å². The van der Waals surface area contributed by atoms with Gasteiger partial charge in [0, 0.05) is 78.8 Å². The average molecular weight is 997 g/mol. The van der Waals surface area contributed by atoms with E-state index in [2.05, 4.69) is 69.1 Å². The van der Waals surface area contributed by atoms with Gasteiger partial charge in [-0.2, -0.15) is 0 Å². The zero-order valence-corrected chi connectivity index (χ0v) is 42.2. The largest absolute Gasteiger partial charge is 0.309 e. The van der Waals surface area contributed by atoms with E-state index in [1.807, 2.05) is 161 Å². The van der Waals surface area contributed by atoms with Gasteiger partial charge in [-0.3, -0.25) is 4.98 Å². The smallest absolute Gasteiger partial charge is 0.164 e. The summed E-state index contributed by atoms with van der Waals surface area (Å²) in [5, 5.41) is 1.93. The lowest BCUT2D eigenvalue weighted by molar-refractivity contribution is 0.928. The first kappa shape index (κ1) is 46.3. The Bertz CT molecular complexity index is 4110. The second-order valence-corrected chi connectivity index (χ2v) is 18.5. The van der Waals surface area contributed by atoms with Gasteiger partial charge in [-0.1, -0.05) is 121 Å². The summed E-state index contributed by atoms with van der Waals surface area (Å²) in [5.74, 6) is 6.91. The highest BCUT2D eigenvalue weighted by molar-refractivity contribution is 6.12. The molecular weight excluding hydrogens is 953 g/mol. The Labute approximate surface area is 442 Å². The predicted molar refractivity (Wildman–Crippen MR) is 300 cm³/mol. The Morgan fingerprint density at radius 1 is 0.273 bits per heavy atom. The summed E-state index contributed by atoms with van der Waals surface area (Å²) < 4.78 is 2.29. The minimum absolute atomic E-state index is 0.478. The van der Waals surface area contributed by atoms with Crippen LogP contribution in [0, 0.1) is 27.7 Å². The molecule has 0 unspecified atom stereocenters. The monoisotopic (exact) mass is 996 g/mol. The van der Waals surface area contributed by atoms with Crippen molar-refractivity contribution in [3.05, 3.63) is 218 Å². The van der Waals surface area contributed by atoms with Crippen LogP contribution in [-0.2, 0) is 0 Å². The van der Waals surface area contributed by atoms with Crippen LogP contribution in [0.25, 0.3) is 130 Å². The molecule has 0 saturated heterocycles. The van der Waals surface area contributed by atoms with E-state index >= 15 is 0 Å². The van der Waals surface area contributed by atoms with E-state index in [9.17, 15) is 0 Å². The van der Waals surface area contributed by atoms with Crippen molar-refractivity contribution < 1.29 is 0 Å². The number of nitrogens with zero attached hydrogens (tertiary/aromatic N) is 14. The summed E-state index contributed by atoms with van der Waals surface area (Å²) in [6, 6.07) is 60.9. The van der Waals surface area contributed by atoms with E-state index < -0.39 is 0 Å². The number of pyridine rings is 1. The first-order valence-corrected chi connectivity index (χ1v) is 25.1. The Morgan fingerprint density at radius 2 is 0.623 bits per heavy atom. The third-order valence-corrected chi connectivity index (χ3v) is 13.2. The van der Waals surface area contributed by atoms with Crippen LogP contribution in [0.5, 0.6) is 0 Å². The highest BCUT2D eigenvalue weighted by Gasteiger charge is 2.24. The second-order valence-electron chi connectivity index (χ2n) is 18.5. The van der Waals surface area contributed by atoms with E-state index in [0.29, 0.717) is 69.9 Å². The SMILES string of the molecule is Cc1nc(C)nc(-c2ccc3c(c2)c2cc(-c4nc(C)nc(C)n4)ccc2n3-c2ccc(-c3nc(-c4ccccc4)nc(-c4ccccc4)n3)cc2-c2cnccc2-c2nc(-c3ccccc3)nc(-c3ccccc3)n2)n1. The summed E-state index contributed by atoms with van der Waals surface area (Å²) in [5.41, 5.74) is 11.0. The zero-order valence-electron chi connectivity index (χ0n) is 42.2. The van der Waals surface area contributed by atoms with Crippen LogP contribution in [0.3, 0.4) is 0 Å². The van der Waals surface area contributed by atoms with Crippen LogP contribution in [0.2, 0.25) is 0 Å². The molecule has 13 rings (SSSR count). The van der Waals surface area contributed by atoms with Crippen LogP contribution in [0.1, 0.15) is 23.3 Å². The molecule has 0 atom stereocenters. The highest BCUT2D eigenvalue weighted by Crippen LogP contribution is 2.43. The van der Waals surface area contributed by atoms with Crippen molar-refractivity contribution in [2.24, 2.45) is 0 Å². The van der Waals surface area contributed by atoms with E-state index in [-0.39, 0.29) is 0 Å². The third-order valence-electron chi connectivity index (χ3n) is 13.2. The van der Waals surface area contributed by atoms with E-state index in [1.165, 1.54) is 0 Å². The molecular formula is C63H44N14. The zero-order chi connectivity index (χ0) is 52.0. The minimum atomic E-state index is 0.478. The molecule has 6 heterocycles. The molecule has 0 spiro atoms. The van der Waals surface area contributed by atoms with E-state index in [4.69, 9.17) is 54.8 Å². The summed E-state index contributed by atoms with van der Waals surface area (Å²) in [6.07, 6.45) is 3.66. The van der Waals surface area contributed by atoms with Crippen molar-refractivity contribution in [1.82, 2.24) is 69.4 Å². The molecule has 14 nitrogen and oxygen atoms in total. The molecule has 0 aliphatic carbocycles. The summed E-state index contributed by atoms with van der Waals surface area (Å²) in [4.78, 5) is 63.8. The molecule has 0 aliphatic heterocycles. The maximum Gasteiger partial charge on any atom is 0.164 e. The quantitative estimate of drug-likeness (QED) is 0.127. The third kappa shape index (κ3) is 8.99. The Balaban J connectivity index is 1.10. The molecule has 0 N–H and O–H groups in total. The van der Waals surface area contributed by atoms with E-state index in [0.717, 1.165) is 83.1 Å². The van der Waals surface area contributed by atoms with Crippen molar-refractivity contribution in [2.75, 3.05) is 0 Å². The second kappa shape index (κ2) is 19.4. The van der Waals surface area contributed by atoms with Gasteiger partial charge in [-0.05, 0) is 88.4 Å². The van der Waals surface area contributed by atoms with Gasteiger partial charge in [0.25, 0.3) is 0 Å². The van der Waals surface area contributed by atoms with Gasteiger partial charge in [0.05, 0.1) is 16.7 Å². The van der Waals surface area contributed by atoms with Gasteiger partial charge in [-0.15, -0.1) is 0 Å². The standard InChI is InChI=1S/C63H44N14/c1-37-65-38(2)68-60(67-37)45-25-28-53-49(33-45)50-34-46(61-69-39(3)66-40(4)70-61)26-29-54(50)77(53)55-30-27-47(62-73-56(41-17-9-5-10-18-41)71-57(74-62)42-19-11-6-12-20-42)35-51(55)52-36-64-32-31-48(52)63-75-58(43-21-13-7-14-22-43)72-59(76-63)44-23-15-8-16-24-44/h5-36H,1-4H3. The number of aromatic nitrogens is 14. The van der Waals surface area contributed by atoms with Crippen LogP contribution in [0.15, 0.2) is 194 Å². The molecule has 0 fully saturated rings. The van der Waals surface area contributed by atoms with Crippen molar-refractivity contribution in [1.29, 1.82) is 0 Å². The Morgan fingerprint density at radius 3 is 1.04 bits per heavy atom. The summed E-state index contributed by atoms with van der Waals surface area (Å²) >= 11 is 0. The first-order valence-electron chi connectivity index (χ1n) is 25.1. The molecule has 0 bridgehead atoms. The van der Waals surface area contributed by atoms with Gasteiger partial charge >= 0.3 is 0 Å². The molecule has 0 saturated carbocycles. The molecule has 6 aromatic heterocycles. The fourth-order valence-electron chi connectivity index (χ4n) is 9.81. The molecule has 77 heavy (non-hydrogen) atoms. The molecule has 0 radical (unpaired) electrons. The first-order chi connectivity index (χ1) is 37.8. The van der Waals surface area contributed by atoms with Crippen molar-refractivity contribution >= 4 is 21.8 Å². The lowest BCUT2D eigenvalue weighted by atomic mass is 9.96. The lowest BCUT2D eigenvalue weighted by Crippen LogP contribution is -2.04. The van der Waals surface area contributed by atoms with Crippen LogP contribution in [-0.4, -0.2) is 69.4 Å². The maximum atomic E-state index is 5.23. The Hall–Kier alpha value is -10.5. The van der Waals surface area contributed by atoms with Gasteiger partial charge in [0.2, 0.25) is 0 Å². The summed E-state index contributed by atoms with van der Waals surface area (Å²) in [7, 11) is 0. The number of aryl methyl sites for hydroxylation is 4. The fourth-order valence-corrected chi connectivity index (χ4v) is 9.81. The molecule has 7 aromatic carbocycles. The average Bonchev–Trinajstić information content (AvgIpc) is 3.98. The number of fused-ring (bicyclic) bond motifs is 3. The molecule has 0 amide bonds. The normalized spacial score (nSPS) is 11.4. The van der Waals surface area contributed by atoms with Gasteiger partial charge in [0.1, 0.15) is 23.3 Å². The van der Waals surface area contributed by atoms with Gasteiger partial charge in [-0.25, -0.2) is 59.8 Å².